The van der Waals surface area contributed by atoms with E-state index in [0.717, 1.165) is 0 Å². The molecule has 0 saturated carbocycles. The standard InChI is InChI=1S/C13H18ClFN2O/c1-4-17(5-2)13(18)9(3)16-11-8-6-7-10(14)12(11)15/h6-9,16H,4-5H2,1-3H3. The van der Waals surface area contributed by atoms with Crippen molar-refractivity contribution >= 4 is 23.2 Å². The lowest BCUT2D eigenvalue weighted by atomic mass is 10.2. The van der Waals surface area contributed by atoms with Crippen molar-refractivity contribution in [2.45, 2.75) is 26.8 Å². The van der Waals surface area contributed by atoms with E-state index in [4.69, 9.17) is 11.6 Å². The number of amides is 1. The fourth-order valence-corrected chi connectivity index (χ4v) is 1.89. The van der Waals surface area contributed by atoms with E-state index in [2.05, 4.69) is 5.32 Å². The van der Waals surface area contributed by atoms with E-state index in [0.29, 0.717) is 13.1 Å². The molecule has 5 heteroatoms. The van der Waals surface area contributed by atoms with Crippen LogP contribution in [0.5, 0.6) is 0 Å². The van der Waals surface area contributed by atoms with Gasteiger partial charge in [0.05, 0.1) is 10.7 Å². The molecular formula is C13H18ClFN2O. The van der Waals surface area contributed by atoms with Crippen LogP contribution < -0.4 is 5.32 Å². The summed E-state index contributed by atoms with van der Waals surface area (Å²) in [6.07, 6.45) is 0. The Morgan fingerprint density at radius 3 is 2.61 bits per heavy atom. The molecule has 0 aromatic heterocycles. The van der Waals surface area contributed by atoms with Crippen LogP contribution in [0, 0.1) is 5.82 Å². The summed E-state index contributed by atoms with van der Waals surface area (Å²) in [5, 5.41) is 2.89. The summed E-state index contributed by atoms with van der Waals surface area (Å²) >= 11 is 5.68. The van der Waals surface area contributed by atoms with Gasteiger partial charge in [-0.05, 0) is 32.9 Å². The molecule has 0 radical (unpaired) electrons. The summed E-state index contributed by atoms with van der Waals surface area (Å²) in [5.41, 5.74) is 0.246. The third-order valence-electron chi connectivity index (χ3n) is 2.77. The van der Waals surface area contributed by atoms with Crippen molar-refractivity contribution in [3.8, 4) is 0 Å². The van der Waals surface area contributed by atoms with Crippen LogP contribution in [0.2, 0.25) is 5.02 Å². The van der Waals surface area contributed by atoms with Gasteiger partial charge in [0.25, 0.3) is 0 Å². The lowest BCUT2D eigenvalue weighted by molar-refractivity contribution is -0.131. The molecule has 0 aliphatic carbocycles. The number of benzene rings is 1. The fraction of sp³-hybridized carbons (Fsp3) is 0.462. The van der Waals surface area contributed by atoms with Gasteiger partial charge in [0, 0.05) is 13.1 Å². The van der Waals surface area contributed by atoms with Gasteiger partial charge in [-0.3, -0.25) is 4.79 Å². The minimum atomic E-state index is -0.529. The van der Waals surface area contributed by atoms with E-state index in [9.17, 15) is 9.18 Å². The highest BCUT2D eigenvalue weighted by atomic mass is 35.5. The van der Waals surface area contributed by atoms with Crippen molar-refractivity contribution in [1.82, 2.24) is 4.90 Å². The molecule has 1 aromatic carbocycles. The zero-order valence-electron chi connectivity index (χ0n) is 10.8. The number of hydrogen-bond acceptors (Lipinski definition) is 2. The topological polar surface area (TPSA) is 32.3 Å². The molecule has 0 aliphatic rings. The van der Waals surface area contributed by atoms with Crippen molar-refractivity contribution < 1.29 is 9.18 Å². The predicted molar refractivity (Wildman–Crippen MR) is 72.4 cm³/mol. The van der Waals surface area contributed by atoms with E-state index in [1.165, 1.54) is 6.07 Å². The number of anilines is 1. The molecule has 1 rings (SSSR count). The first-order valence-corrected chi connectivity index (χ1v) is 6.38. The van der Waals surface area contributed by atoms with Gasteiger partial charge in [0.15, 0.2) is 5.82 Å². The molecular weight excluding hydrogens is 255 g/mol. The van der Waals surface area contributed by atoms with Gasteiger partial charge < -0.3 is 10.2 Å². The van der Waals surface area contributed by atoms with Gasteiger partial charge in [-0.15, -0.1) is 0 Å². The molecule has 0 fully saturated rings. The maximum Gasteiger partial charge on any atom is 0.244 e. The molecule has 3 nitrogen and oxygen atoms in total. The molecule has 1 aromatic rings. The first-order chi connectivity index (χ1) is 8.51. The first kappa shape index (κ1) is 14.8. The predicted octanol–water partition coefficient (Wildman–Crippen LogP) is 3.15. The maximum absolute atomic E-state index is 13.7. The summed E-state index contributed by atoms with van der Waals surface area (Å²) < 4.78 is 13.7. The van der Waals surface area contributed by atoms with Gasteiger partial charge >= 0.3 is 0 Å². The fourth-order valence-electron chi connectivity index (χ4n) is 1.72. The zero-order chi connectivity index (χ0) is 13.7. The van der Waals surface area contributed by atoms with Crippen molar-refractivity contribution in [1.29, 1.82) is 0 Å². The Balaban J connectivity index is 2.78. The Kier molecular flexibility index (Phi) is 5.41. The number of halogens is 2. The second-order valence-electron chi connectivity index (χ2n) is 3.98. The van der Waals surface area contributed by atoms with Gasteiger partial charge in [-0.2, -0.15) is 0 Å². The van der Waals surface area contributed by atoms with Crippen molar-refractivity contribution in [3.63, 3.8) is 0 Å². The average Bonchev–Trinajstić information content (AvgIpc) is 2.36. The lowest BCUT2D eigenvalue weighted by Gasteiger charge is -2.24. The van der Waals surface area contributed by atoms with Gasteiger partial charge in [-0.25, -0.2) is 4.39 Å². The van der Waals surface area contributed by atoms with Crippen LogP contribution in [0.1, 0.15) is 20.8 Å². The van der Waals surface area contributed by atoms with Crippen molar-refractivity contribution in [2.24, 2.45) is 0 Å². The van der Waals surface area contributed by atoms with Crippen molar-refractivity contribution in [3.05, 3.63) is 29.0 Å². The summed E-state index contributed by atoms with van der Waals surface area (Å²) in [5.74, 6) is -0.585. The Hall–Kier alpha value is -1.29. The van der Waals surface area contributed by atoms with Crippen LogP contribution in [-0.4, -0.2) is 29.9 Å². The monoisotopic (exact) mass is 272 g/mol. The van der Waals surface area contributed by atoms with Crippen LogP contribution in [-0.2, 0) is 4.79 Å². The third kappa shape index (κ3) is 3.35. The molecule has 100 valence electrons. The quantitative estimate of drug-likeness (QED) is 0.893. The average molecular weight is 273 g/mol. The molecule has 0 spiro atoms. The normalized spacial score (nSPS) is 12.1. The maximum atomic E-state index is 13.7. The molecule has 1 unspecified atom stereocenters. The summed E-state index contributed by atoms with van der Waals surface area (Å²) in [7, 11) is 0. The third-order valence-corrected chi connectivity index (χ3v) is 3.06. The number of carbonyl (C=O) groups is 1. The minimum Gasteiger partial charge on any atom is -0.371 e. The van der Waals surface area contributed by atoms with E-state index >= 15 is 0 Å². The van der Waals surface area contributed by atoms with Crippen LogP contribution in [0.25, 0.3) is 0 Å². The van der Waals surface area contributed by atoms with Crippen LogP contribution in [0.3, 0.4) is 0 Å². The first-order valence-electron chi connectivity index (χ1n) is 6.00. The highest BCUT2D eigenvalue weighted by Crippen LogP contribution is 2.22. The number of carbonyl (C=O) groups excluding carboxylic acids is 1. The van der Waals surface area contributed by atoms with E-state index in [1.54, 1.807) is 24.0 Å². The van der Waals surface area contributed by atoms with E-state index in [-0.39, 0.29) is 16.6 Å². The second kappa shape index (κ2) is 6.59. The molecule has 0 saturated heterocycles. The number of nitrogens with one attached hydrogen (secondary N) is 1. The van der Waals surface area contributed by atoms with E-state index in [1.807, 2.05) is 13.8 Å². The number of nitrogens with zero attached hydrogens (tertiary/aromatic N) is 1. The Morgan fingerprint density at radius 1 is 1.44 bits per heavy atom. The highest BCUT2D eigenvalue weighted by Gasteiger charge is 2.19. The van der Waals surface area contributed by atoms with Crippen LogP contribution in [0.4, 0.5) is 10.1 Å². The molecule has 1 N–H and O–H groups in total. The highest BCUT2D eigenvalue weighted by molar-refractivity contribution is 6.31. The lowest BCUT2D eigenvalue weighted by Crippen LogP contribution is -2.41. The number of likely N-dealkylation sites (N-methyl/N-ethyl adjacent to an activating group) is 1. The number of hydrogen-bond donors (Lipinski definition) is 1. The Morgan fingerprint density at radius 2 is 2.06 bits per heavy atom. The number of rotatable bonds is 5. The van der Waals surface area contributed by atoms with Crippen LogP contribution >= 0.6 is 11.6 Å². The summed E-state index contributed by atoms with van der Waals surface area (Å²) in [6, 6.07) is 4.19. The second-order valence-corrected chi connectivity index (χ2v) is 4.39. The smallest absolute Gasteiger partial charge is 0.244 e. The van der Waals surface area contributed by atoms with Crippen LogP contribution in [0.15, 0.2) is 18.2 Å². The molecule has 0 heterocycles. The molecule has 0 aliphatic heterocycles. The van der Waals surface area contributed by atoms with E-state index < -0.39 is 11.9 Å². The summed E-state index contributed by atoms with van der Waals surface area (Å²) in [6.45, 7) is 6.81. The SMILES string of the molecule is CCN(CC)C(=O)C(C)Nc1cccc(Cl)c1F. The molecule has 0 bridgehead atoms. The van der Waals surface area contributed by atoms with Gasteiger partial charge in [0.1, 0.15) is 6.04 Å². The zero-order valence-corrected chi connectivity index (χ0v) is 11.6. The van der Waals surface area contributed by atoms with Gasteiger partial charge in [-0.1, -0.05) is 17.7 Å². The minimum absolute atomic E-state index is 0.0440. The van der Waals surface area contributed by atoms with Crippen molar-refractivity contribution in [2.75, 3.05) is 18.4 Å². The Bertz CT molecular complexity index is 421. The molecule has 1 amide bonds. The molecule has 18 heavy (non-hydrogen) atoms. The summed E-state index contributed by atoms with van der Waals surface area (Å²) in [4.78, 5) is 13.7. The van der Waals surface area contributed by atoms with Gasteiger partial charge in [0.2, 0.25) is 5.91 Å². The Labute approximate surface area is 112 Å². The largest absolute Gasteiger partial charge is 0.371 e. The molecule has 1 atom stereocenters.